The van der Waals surface area contributed by atoms with Crippen LogP contribution in [0.3, 0.4) is 0 Å². The van der Waals surface area contributed by atoms with Gasteiger partial charge in [-0.3, -0.25) is 14.6 Å². The topological polar surface area (TPSA) is 115 Å². The summed E-state index contributed by atoms with van der Waals surface area (Å²) >= 11 is 0. The lowest BCUT2D eigenvalue weighted by Crippen LogP contribution is -2.45. The maximum atomic E-state index is 13.9. The molecule has 1 fully saturated rings. The van der Waals surface area contributed by atoms with Crippen LogP contribution in [-0.2, 0) is 21.1 Å². The van der Waals surface area contributed by atoms with Crippen LogP contribution in [0.4, 0.5) is 0 Å². The number of carbonyl (C=O) groups is 2. The quantitative estimate of drug-likeness (QED) is 0.482. The summed E-state index contributed by atoms with van der Waals surface area (Å²) in [4.78, 5) is 32.5. The Morgan fingerprint density at radius 2 is 1.85 bits per heavy atom. The normalized spacial score (nSPS) is 20.9. The number of amides is 2. The zero-order valence-electron chi connectivity index (χ0n) is 22.0. The third-order valence-electron chi connectivity index (χ3n) is 7.79. The van der Waals surface area contributed by atoms with Crippen molar-refractivity contribution in [2.45, 2.75) is 31.7 Å². The maximum absolute atomic E-state index is 13.9. The summed E-state index contributed by atoms with van der Waals surface area (Å²) in [6.45, 7) is 1.36. The molecule has 7 rings (SSSR count). The number of ether oxygens (including phenoxy) is 2. The molecule has 1 N–H and O–H groups in total. The minimum absolute atomic E-state index is 0.00188. The summed E-state index contributed by atoms with van der Waals surface area (Å²) in [5.41, 5.74) is 3.40. The Morgan fingerprint density at radius 1 is 1.00 bits per heavy atom. The summed E-state index contributed by atoms with van der Waals surface area (Å²) in [5.74, 6) is 1.33. The Kier molecular flexibility index (Phi) is 7.18. The molecule has 8 bridgehead atoms. The van der Waals surface area contributed by atoms with Gasteiger partial charge in [0.05, 0.1) is 35.9 Å². The lowest BCUT2D eigenvalue weighted by atomic mass is 9.86. The van der Waals surface area contributed by atoms with E-state index < -0.39 is 9.84 Å². The van der Waals surface area contributed by atoms with Gasteiger partial charge in [0.25, 0.3) is 5.91 Å². The van der Waals surface area contributed by atoms with Crippen molar-refractivity contribution in [1.29, 1.82) is 0 Å². The monoisotopic (exact) mass is 561 g/mol. The Balaban J connectivity index is 1.38. The molecule has 9 nitrogen and oxygen atoms in total. The average Bonchev–Trinajstić information content (AvgIpc) is 2.96. The van der Waals surface area contributed by atoms with Crippen molar-refractivity contribution in [3.05, 3.63) is 83.2 Å². The Morgan fingerprint density at radius 3 is 2.70 bits per heavy atom. The number of benzene rings is 2. The van der Waals surface area contributed by atoms with E-state index in [1.807, 2.05) is 47.4 Å². The molecule has 10 heteroatoms. The van der Waals surface area contributed by atoms with Crippen LogP contribution in [0.5, 0.6) is 17.2 Å². The van der Waals surface area contributed by atoms with Gasteiger partial charge >= 0.3 is 0 Å². The summed E-state index contributed by atoms with van der Waals surface area (Å²) < 4.78 is 36.2. The van der Waals surface area contributed by atoms with Gasteiger partial charge in [-0.2, -0.15) is 0 Å². The summed E-state index contributed by atoms with van der Waals surface area (Å²) in [6, 6.07) is 14.9. The molecule has 1 unspecified atom stereocenters. The minimum atomic E-state index is -3.07. The molecule has 0 radical (unpaired) electrons. The highest BCUT2D eigenvalue weighted by atomic mass is 32.2. The largest absolute Gasteiger partial charge is 0.494 e. The van der Waals surface area contributed by atoms with Crippen molar-refractivity contribution >= 4 is 21.7 Å². The van der Waals surface area contributed by atoms with Crippen LogP contribution >= 0.6 is 0 Å². The van der Waals surface area contributed by atoms with Crippen LogP contribution in [0.15, 0.2) is 60.9 Å². The van der Waals surface area contributed by atoms with E-state index in [1.54, 1.807) is 12.3 Å². The van der Waals surface area contributed by atoms with Crippen LogP contribution < -0.4 is 14.8 Å². The molecule has 2 aromatic carbocycles. The molecule has 0 aliphatic carbocycles. The molecule has 1 saturated heterocycles. The Bertz CT molecular complexity index is 1540. The number of hydrogen-bond acceptors (Lipinski definition) is 7. The van der Waals surface area contributed by atoms with Crippen LogP contribution in [0.1, 0.15) is 52.4 Å². The van der Waals surface area contributed by atoms with Gasteiger partial charge in [0.1, 0.15) is 27.1 Å². The number of nitrogens with one attached hydrogen (secondary N) is 1. The molecular weight excluding hydrogens is 530 g/mol. The minimum Gasteiger partial charge on any atom is -0.494 e. The number of sulfone groups is 1. The fourth-order valence-corrected chi connectivity index (χ4v) is 7.20. The van der Waals surface area contributed by atoms with Crippen molar-refractivity contribution in [2.75, 3.05) is 31.2 Å². The van der Waals surface area contributed by atoms with Crippen molar-refractivity contribution in [3.8, 4) is 17.2 Å². The first-order valence-corrected chi connectivity index (χ1v) is 15.5. The SMILES string of the molecule is O=C1NCCCOc2cccc(c2)C2c3ccc(cc3CCN2C(=O)C2CCS(=O)(=O)CC2)Oc2cncc1c2. The smallest absolute Gasteiger partial charge is 0.252 e. The lowest BCUT2D eigenvalue weighted by Gasteiger charge is -2.40. The van der Waals surface area contributed by atoms with Gasteiger partial charge in [-0.1, -0.05) is 18.2 Å². The van der Waals surface area contributed by atoms with Gasteiger partial charge in [0.15, 0.2) is 0 Å². The van der Waals surface area contributed by atoms with E-state index in [1.165, 1.54) is 6.20 Å². The zero-order chi connectivity index (χ0) is 27.7. The zero-order valence-corrected chi connectivity index (χ0v) is 22.9. The van der Waals surface area contributed by atoms with Crippen LogP contribution in [-0.4, -0.2) is 61.3 Å². The van der Waals surface area contributed by atoms with Crippen molar-refractivity contribution in [2.24, 2.45) is 5.92 Å². The molecule has 3 aromatic rings. The second-order valence-corrected chi connectivity index (χ2v) is 12.8. The van der Waals surface area contributed by atoms with Crippen LogP contribution in [0.25, 0.3) is 0 Å². The fourth-order valence-electron chi connectivity index (χ4n) is 5.71. The van der Waals surface area contributed by atoms with Gasteiger partial charge in [0.2, 0.25) is 5.91 Å². The molecule has 2 amide bonds. The molecule has 1 aromatic heterocycles. The number of aromatic nitrogens is 1. The number of nitrogens with zero attached hydrogens (tertiary/aromatic N) is 2. The number of pyridine rings is 1. The summed E-state index contributed by atoms with van der Waals surface area (Å²) in [6.07, 6.45) is 5.04. The summed E-state index contributed by atoms with van der Waals surface area (Å²) in [5, 5.41) is 2.89. The Labute approximate surface area is 233 Å². The first kappa shape index (κ1) is 26.3. The van der Waals surface area contributed by atoms with Crippen molar-refractivity contribution < 1.29 is 27.5 Å². The number of fused-ring (bicyclic) bond motifs is 6. The standard InChI is InChI=1S/C30H31N3O6S/c34-29-23-17-26(19-31-18-23)39-25-5-6-27-21(15-25)7-11-33(30(35)20-8-13-40(36,37)14-9-20)28(27)22-3-1-4-24(16-22)38-12-2-10-32-29/h1,3-6,15-20,28H,2,7-14H2,(H,32,34). The van der Waals surface area contributed by atoms with Gasteiger partial charge in [-0.25, -0.2) is 8.42 Å². The van der Waals surface area contributed by atoms with Crippen molar-refractivity contribution in [3.63, 3.8) is 0 Å². The average molecular weight is 562 g/mol. The van der Waals surface area contributed by atoms with Crippen molar-refractivity contribution in [1.82, 2.24) is 15.2 Å². The molecule has 5 heterocycles. The highest BCUT2D eigenvalue weighted by Gasteiger charge is 2.38. The first-order chi connectivity index (χ1) is 19.4. The predicted molar refractivity (Wildman–Crippen MR) is 148 cm³/mol. The first-order valence-electron chi connectivity index (χ1n) is 13.6. The fraction of sp³-hybridized carbons (Fsp3) is 0.367. The van der Waals surface area contributed by atoms with E-state index in [2.05, 4.69) is 10.3 Å². The molecular formula is C30H31N3O6S. The van der Waals surface area contributed by atoms with Crippen LogP contribution in [0.2, 0.25) is 0 Å². The number of carbonyl (C=O) groups excluding carboxylic acids is 2. The molecule has 4 aliphatic heterocycles. The summed E-state index contributed by atoms with van der Waals surface area (Å²) in [7, 11) is -3.07. The van der Waals surface area contributed by atoms with E-state index in [9.17, 15) is 18.0 Å². The maximum Gasteiger partial charge on any atom is 0.252 e. The van der Waals surface area contributed by atoms with Gasteiger partial charge in [-0.15, -0.1) is 0 Å². The third-order valence-corrected chi connectivity index (χ3v) is 9.51. The van der Waals surface area contributed by atoms with E-state index in [-0.39, 0.29) is 35.3 Å². The second-order valence-electron chi connectivity index (χ2n) is 10.5. The Hall–Kier alpha value is -3.92. The second kappa shape index (κ2) is 10.9. The lowest BCUT2D eigenvalue weighted by molar-refractivity contribution is -0.138. The molecule has 4 aliphatic rings. The van der Waals surface area contributed by atoms with Gasteiger partial charge in [-0.05, 0) is 72.7 Å². The molecule has 0 saturated carbocycles. The third kappa shape index (κ3) is 5.54. The van der Waals surface area contributed by atoms with E-state index in [0.717, 1.165) is 16.7 Å². The molecule has 1 atom stereocenters. The molecule has 0 spiro atoms. The molecule has 40 heavy (non-hydrogen) atoms. The number of rotatable bonds is 1. The molecule has 208 valence electrons. The number of hydrogen-bond donors (Lipinski definition) is 1. The van der Waals surface area contributed by atoms with Gasteiger partial charge < -0.3 is 19.7 Å². The van der Waals surface area contributed by atoms with E-state index in [4.69, 9.17) is 9.47 Å². The predicted octanol–water partition coefficient (Wildman–Crippen LogP) is 3.69. The highest BCUT2D eigenvalue weighted by molar-refractivity contribution is 7.91. The highest BCUT2D eigenvalue weighted by Crippen LogP contribution is 2.40. The van der Waals surface area contributed by atoms with Gasteiger partial charge in [0, 0.05) is 25.2 Å². The van der Waals surface area contributed by atoms with Crippen LogP contribution in [0, 0.1) is 5.92 Å². The van der Waals surface area contributed by atoms with E-state index in [0.29, 0.717) is 68.2 Å². The van der Waals surface area contributed by atoms with E-state index >= 15 is 0 Å².